The van der Waals surface area contributed by atoms with Crippen molar-refractivity contribution >= 4 is 17.3 Å². The van der Waals surface area contributed by atoms with Gasteiger partial charge in [-0.2, -0.15) is 5.10 Å². The van der Waals surface area contributed by atoms with Crippen molar-refractivity contribution in [3.63, 3.8) is 0 Å². The quantitative estimate of drug-likeness (QED) is 0.741. The number of carbonyl (C=O) groups is 1. The van der Waals surface area contributed by atoms with Crippen molar-refractivity contribution in [3.8, 4) is 5.69 Å². The van der Waals surface area contributed by atoms with E-state index in [1.807, 2.05) is 54.6 Å². The predicted molar refractivity (Wildman–Crippen MR) is 112 cm³/mol. The summed E-state index contributed by atoms with van der Waals surface area (Å²) < 4.78 is 6.97. The van der Waals surface area contributed by atoms with E-state index in [-0.39, 0.29) is 5.69 Å². The molecule has 4 rings (SSSR count). The Morgan fingerprint density at radius 2 is 1.69 bits per heavy atom. The molecule has 2 aromatic carbocycles. The second-order valence-electron chi connectivity index (χ2n) is 6.85. The maximum Gasteiger partial charge on any atom is 0.280 e. The van der Waals surface area contributed by atoms with Crippen molar-refractivity contribution < 1.29 is 9.53 Å². The summed E-state index contributed by atoms with van der Waals surface area (Å²) in [5.74, 6) is -0.529. The van der Waals surface area contributed by atoms with Gasteiger partial charge in [-0.1, -0.05) is 18.2 Å². The molecular weight excluding hydrogens is 368 g/mol. The number of amides is 1. The lowest BCUT2D eigenvalue weighted by molar-refractivity contribution is 0.101. The van der Waals surface area contributed by atoms with Crippen molar-refractivity contribution in [3.05, 3.63) is 82.3 Å². The summed E-state index contributed by atoms with van der Waals surface area (Å²) in [4.78, 5) is 27.3. The molecule has 0 bridgehead atoms. The second kappa shape index (κ2) is 8.28. The third-order valence-corrected chi connectivity index (χ3v) is 4.82. The number of hydrogen-bond acceptors (Lipinski definition) is 5. The molecule has 0 radical (unpaired) electrons. The summed E-state index contributed by atoms with van der Waals surface area (Å²) in [6.07, 6.45) is 0. The van der Waals surface area contributed by atoms with Gasteiger partial charge in [0.05, 0.1) is 18.9 Å². The molecule has 148 valence electrons. The first-order valence-electron chi connectivity index (χ1n) is 9.52. The van der Waals surface area contributed by atoms with Crippen LogP contribution in [0.4, 0.5) is 11.4 Å². The van der Waals surface area contributed by atoms with Crippen LogP contribution in [0.1, 0.15) is 16.2 Å². The topological polar surface area (TPSA) is 76.5 Å². The first-order valence-corrected chi connectivity index (χ1v) is 9.52. The molecule has 7 nitrogen and oxygen atoms in total. The molecule has 1 aliphatic rings. The zero-order valence-electron chi connectivity index (χ0n) is 16.2. The highest BCUT2D eigenvalue weighted by molar-refractivity contribution is 6.02. The monoisotopic (exact) mass is 390 g/mol. The molecule has 3 aromatic rings. The first-order chi connectivity index (χ1) is 14.1. The zero-order valence-corrected chi connectivity index (χ0v) is 16.2. The smallest absolute Gasteiger partial charge is 0.280 e. The highest BCUT2D eigenvalue weighted by Gasteiger charge is 2.16. The minimum atomic E-state index is -0.529. The number of aromatic nitrogens is 2. The number of para-hydroxylation sites is 1. The summed E-state index contributed by atoms with van der Waals surface area (Å²) in [6, 6.07) is 18.4. The zero-order chi connectivity index (χ0) is 20.2. The third-order valence-electron chi connectivity index (χ3n) is 4.82. The van der Waals surface area contributed by atoms with Crippen LogP contribution in [-0.4, -0.2) is 42.0 Å². The molecule has 1 aliphatic heterocycles. The number of anilines is 2. The number of morpholine rings is 1. The van der Waals surface area contributed by atoms with E-state index in [2.05, 4.69) is 15.3 Å². The number of ether oxygens (including phenoxy) is 1. The fourth-order valence-corrected chi connectivity index (χ4v) is 3.30. The lowest BCUT2D eigenvalue weighted by Gasteiger charge is -2.28. The van der Waals surface area contributed by atoms with E-state index in [0.29, 0.717) is 24.6 Å². The fourth-order valence-electron chi connectivity index (χ4n) is 3.30. The van der Waals surface area contributed by atoms with Crippen LogP contribution in [-0.2, 0) is 4.74 Å². The van der Waals surface area contributed by atoms with E-state index >= 15 is 0 Å². The van der Waals surface area contributed by atoms with Gasteiger partial charge in [0, 0.05) is 36.2 Å². The number of carbonyl (C=O) groups excluding carboxylic acids is 1. The maximum absolute atomic E-state index is 12.7. The largest absolute Gasteiger partial charge is 0.378 e. The van der Waals surface area contributed by atoms with Gasteiger partial charge in [0.25, 0.3) is 5.91 Å². The number of nitrogens with zero attached hydrogens (tertiary/aromatic N) is 3. The Balaban J connectivity index is 1.54. The molecule has 0 atom stereocenters. The van der Waals surface area contributed by atoms with E-state index in [1.165, 1.54) is 6.07 Å². The lowest BCUT2D eigenvalue weighted by atomic mass is 10.2. The molecule has 2 heterocycles. The van der Waals surface area contributed by atoms with Crippen LogP contribution in [0.2, 0.25) is 0 Å². The molecule has 1 N–H and O–H groups in total. The highest BCUT2D eigenvalue weighted by atomic mass is 16.5. The maximum atomic E-state index is 12.7. The number of hydrogen-bond donors (Lipinski definition) is 1. The molecule has 0 unspecified atom stereocenters. The van der Waals surface area contributed by atoms with Gasteiger partial charge in [0.2, 0.25) is 5.43 Å². The Bertz CT molecular complexity index is 1060. The minimum absolute atomic E-state index is 0.142. The first kappa shape index (κ1) is 18.9. The van der Waals surface area contributed by atoms with Gasteiger partial charge in [-0.3, -0.25) is 9.59 Å². The van der Waals surface area contributed by atoms with Crippen LogP contribution in [0.25, 0.3) is 5.69 Å². The SMILES string of the molecule is Cc1cc(=O)c(C(=O)Nc2ccc(N3CCOCC3)cc2)nn1-c1ccccc1. The number of aryl methyl sites for hydroxylation is 1. The van der Waals surface area contributed by atoms with Crippen molar-refractivity contribution in [1.29, 1.82) is 0 Å². The number of nitrogens with one attached hydrogen (secondary N) is 1. The van der Waals surface area contributed by atoms with E-state index in [9.17, 15) is 9.59 Å². The van der Waals surface area contributed by atoms with Gasteiger partial charge in [0.15, 0.2) is 5.69 Å². The molecule has 7 heteroatoms. The van der Waals surface area contributed by atoms with E-state index in [0.717, 1.165) is 24.5 Å². The Morgan fingerprint density at radius 1 is 1.00 bits per heavy atom. The summed E-state index contributed by atoms with van der Waals surface area (Å²) in [5, 5.41) is 7.07. The van der Waals surface area contributed by atoms with Crippen LogP contribution >= 0.6 is 0 Å². The molecule has 1 amide bonds. The van der Waals surface area contributed by atoms with Gasteiger partial charge in [-0.25, -0.2) is 4.68 Å². The van der Waals surface area contributed by atoms with Crippen LogP contribution in [0, 0.1) is 6.92 Å². The standard InChI is InChI=1S/C22H22N4O3/c1-16-15-20(27)21(24-26(16)19-5-3-2-4-6-19)22(28)23-17-7-9-18(10-8-17)25-11-13-29-14-12-25/h2-10,15H,11-14H2,1H3,(H,23,28). The molecule has 1 aromatic heterocycles. The molecule has 0 spiro atoms. The van der Waals surface area contributed by atoms with Crippen molar-refractivity contribution in [1.82, 2.24) is 9.78 Å². The average molecular weight is 390 g/mol. The Morgan fingerprint density at radius 3 is 2.38 bits per heavy atom. The number of rotatable bonds is 4. The van der Waals surface area contributed by atoms with Gasteiger partial charge in [0.1, 0.15) is 0 Å². The molecule has 29 heavy (non-hydrogen) atoms. The molecule has 0 saturated carbocycles. The molecule has 1 fully saturated rings. The van der Waals surface area contributed by atoms with E-state index in [1.54, 1.807) is 11.6 Å². The highest BCUT2D eigenvalue weighted by Crippen LogP contribution is 2.19. The number of benzene rings is 2. The second-order valence-corrected chi connectivity index (χ2v) is 6.85. The van der Waals surface area contributed by atoms with Gasteiger partial charge >= 0.3 is 0 Å². The fraction of sp³-hybridized carbons (Fsp3) is 0.227. The lowest BCUT2D eigenvalue weighted by Crippen LogP contribution is -2.36. The summed E-state index contributed by atoms with van der Waals surface area (Å²) in [5.41, 5.74) is 2.58. The Labute approximate surface area is 168 Å². The van der Waals surface area contributed by atoms with Crippen molar-refractivity contribution in [2.75, 3.05) is 36.5 Å². The third kappa shape index (κ3) is 4.20. The molecule has 1 saturated heterocycles. The minimum Gasteiger partial charge on any atom is -0.378 e. The molecular formula is C22H22N4O3. The van der Waals surface area contributed by atoms with Crippen molar-refractivity contribution in [2.45, 2.75) is 6.92 Å². The summed E-state index contributed by atoms with van der Waals surface area (Å²) in [7, 11) is 0. The van der Waals surface area contributed by atoms with Gasteiger partial charge < -0.3 is 15.0 Å². The normalized spacial score (nSPS) is 13.9. The van der Waals surface area contributed by atoms with Crippen LogP contribution in [0.3, 0.4) is 0 Å². The Kier molecular flexibility index (Phi) is 5.39. The summed E-state index contributed by atoms with van der Waals surface area (Å²) >= 11 is 0. The van der Waals surface area contributed by atoms with Crippen molar-refractivity contribution in [2.24, 2.45) is 0 Å². The van der Waals surface area contributed by atoms with Crippen LogP contribution in [0.15, 0.2) is 65.5 Å². The van der Waals surface area contributed by atoms with E-state index in [4.69, 9.17) is 4.74 Å². The average Bonchev–Trinajstić information content (AvgIpc) is 2.75. The predicted octanol–water partition coefficient (Wildman–Crippen LogP) is 2.63. The van der Waals surface area contributed by atoms with Crippen LogP contribution in [0.5, 0.6) is 0 Å². The van der Waals surface area contributed by atoms with Crippen LogP contribution < -0.4 is 15.6 Å². The molecule has 0 aliphatic carbocycles. The Hall–Kier alpha value is -3.45. The van der Waals surface area contributed by atoms with E-state index < -0.39 is 11.3 Å². The van der Waals surface area contributed by atoms with Gasteiger partial charge in [-0.05, 0) is 43.3 Å². The van der Waals surface area contributed by atoms with Gasteiger partial charge in [-0.15, -0.1) is 0 Å². The summed E-state index contributed by atoms with van der Waals surface area (Å²) in [6.45, 7) is 4.90.